The average Bonchev–Trinajstić information content (AvgIpc) is 3.21. The molecule has 9 nitrogen and oxygen atoms in total. The van der Waals surface area contributed by atoms with Gasteiger partial charge in [0.25, 0.3) is 5.91 Å². The Balaban J connectivity index is 1.33. The van der Waals surface area contributed by atoms with Gasteiger partial charge in [0.2, 0.25) is 11.8 Å². The molecule has 0 spiro atoms. The van der Waals surface area contributed by atoms with Gasteiger partial charge in [-0.25, -0.2) is 4.68 Å². The number of nitrogens with zero attached hydrogens (tertiary/aromatic N) is 3. The Hall–Kier alpha value is -3.75. The molecule has 33 heavy (non-hydrogen) atoms. The number of allylic oxidation sites excluding steroid dienone is 2. The molecule has 1 aliphatic carbocycles. The summed E-state index contributed by atoms with van der Waals surface area (Å²) in [6.45, 7) is 4.59. The minimum absolute atomic E-state index is 0.356. The molecule has 9 heteroatoms. The van der Waals surface area contributed by atoms with Crippen molar-refractivity contribution in [1.29, 1.82) is 0 Å². The van der Waals surface area contributed by atoms with Crippen molar-refractivity contribution >= 4 is 29.4 Å². The number of esters is 1. The van der Waals surface area contributed by atoms with Gasteiger partial charge in [0, 0.05) is 0 Å². The Morgan fingerprint density at radius 3 is 2.24 bits per heavy atom. The summed E-state index contributed by atoms with van der Waals surface area (Å²) in [5, 5.41) is 7.22. The minimum Gasteiger partial charge on any atom is -0.454 e. The van der Waals surface area contributed by atoms with Crippen molar-refractivity contribution in [3.8, 4) is 5.69 Å². The summed E-state index contributed by atoms with van der Waals surface area (Å²) in [7, 11) is 0. The largest absolute Gasteiger partial charge is 0.454 e. The summed E-state index contributed by atoms with van der Waals surface area (Å²) < 4.78 is 6.76. The van der Waals surface area contributed by atoms with E-state index < -0.39 is 36.9 Å². The number of anilines is 1. The molecule has 1 aromatic carbocycles. The maximum absolute atomic E-state index is 12.5. The van der Waals surface area contributed by atoms with Crippen molar-refractivity contribution in [2.75, 3.05) is 18.5 Å². The average molecular weight is 450 g/mol. The van der Waals surface area contributed by atoms with Crippen LogP contribution >= 0.6 is 0 Å². The molecule has 2 aliphatic rings. The predicted octanol–water partition coefficient (Wildman–Crippen LogP) is 2.23. The van der Waals surface area contributed by atoms with Crippen LogP contribution in [0.2, 0.25) is 0 Å². The Morgan fingerprint density at radius 2 is 1.64 bits per heavy atom. The van der Waals surface area contributed by atoms with Crippen LogP contribution in [0.5, 0.6) is 0 Å². The fourth-order valence-electron chi connectivity index (χ4n) is 4.28. The summed E-state index contributed by atoms with van der Waals surface area (Å²) in [5.74, 6) is -2.86. The lowest BCUT2D eigenvalue weighted by atomic mass is 9.85. The fourth-order valence-corrected chi connectivity index (χ4v) is 4.28. The fraction of sp³-hybridized carbons (Fsp3) is 0.375. The van der Waals surface area contributed by atoms with E-state index in [9.17, 15) is 19.2 Å². The molecule has 2 heterocycles. The van der Waals surface area contributed by atoms with Gasteiger partial charge < -0.3 is 10.1 Å². The monoisotopic (exact) mass is 450 g/mol. The second kappa shape index (κ2) is 9.01. The number of aromatic nitrogens is 2. The van der Waals surface area contributed by atoms with Crippen LogP contribution in [0, 0.1) is 32.6 Å². The second-order valence-electron chi connectivity index (χ2n) is 8.42. The smallest absolute Gasteiger partial charge is 0.326 e. The Labute approximate surface area is 191 Å². The number of aryl methyl sites for hydroxylation is 2. The van der Waals surface area contributed by atoms with Gasteiger partial charge in [-0.2, -0.15) is 5.10 Å². The van der Waals surface area contributed by atoms with Crippen LogP contribution in [0.1, 0.15) is 29.8 Å². The van der Waals surface area contributed by atoms with Crippen molar-refractivity contribution in [1.82, 2.24) is 14.7 Å². The predicted molar refractivity (Wildman–Crippen MR) is 119 cm³/mol. The van der Waals surface area contributed by atoms with Gasteiger partial charge in [-0.15, -0.1) is 0 Å². The highest BCUT2D eigenvalue weighted by Gasteiger charge is 2.47. The molecule has 0 radical (unpaired) electrons. The SMILES string of the molecule is Cc1ccc(-n2nc(C)c(NC(=O)COC(=O)CN3C(=O)C4CC=CCC4C3=O)c2C)cc1. The van der Waals surface area contributed by atoms with Gasteiger partial charge in [0.1, 0.15) is 6.54 Å². The highest BCUT2D eigenvalue weighted by molar-refractivity contribution is 6.07. The first-order valence-electron chi connectivity index (χ1n) is 10.8. The number of imide groups is 1. The zero-order chi connectivity index (χ0) is 23.7. The van der Waals surface area contributed by atoms with Crippen molar-refractivity contribution in [2.45, 2.75) is 33.6 Å². The lowest BCUT2D eigenvalue weighted by Gasteiger charge is -2.14. The summed E-state index contributed by atoms with van der Waals surface area (Å²) in [5.41, 5.74) is 3.89. The molecular formula is C24H26N4O5. The van der Waals surface area contributed by atoms with E-state index in [1.54, 1.807) is 11.6 Å². The molecule has 0 saturated carbocycles. The summed E-state index contributed by atoms with van der Waals surface area (Å²) in [4.78, 5) is 50.5. The number of rotatable bonds is 6. The molecule has 2 atom stereocenters. The first-order chi connectivity index (χ1) is 15.8. The van der Waals surface area contributed by atoms with E-state index in [2.05, 4.69) is 10.4 Å². The van der Waals surface area contributed by atoms with E-state index in [1.165, 1.54) is 0 Å². The number of likely N-dealkylation sites (tertiary alicyclic amines) is 1. The number of hydrogen-bond acceptors (Lipinski definition) is 6. The maximum atomic E-state index is 12.5. The van der Waals surface area contributed by atoms with Crippen LogP contribution in [-0.4, -0.2) is 51.5 Å². The number of fused-ring (bicyclic) bond motifs is 1. The molecule has 172 valence electrons. The first kappa shape index (κ1) is 22.4. The second-order valence-corrected chi connectivity index (χ2v) is 8.42. The van der Waals surface area contributed by atoms with Gasteiger partial charge >= 0.3 is 5.97 Å². The summed E-state index contributed by atoms with van der Waals surface area (Å²) >= 11 is 0. The third kappa shape index (κ3) is 4.44. The van der Waals surface area contributed by atoms with Crippen LogP contribution in [0.25, 0.3) is 5.69 Å². The third-order valence-electron chi connectivity index (χ3n) is 6.08. The molecule has 3 amide bonds. The Kier molecular flexibility index (Phi) is 6.13. The van der Waals surface area contributed by atoms with E-state index in [4.69, 9.17) is 4.74 Å². The lowest BCUT2D eigenvalue weighted by Crippen LogP contribution is -2.37. The van der Waals surface area contributed by atoms with E-state index in [0.29, 0.717) is 24.2 Å². The molecule has 2 unspecified atom stereocenters. The zero-order valence-corrected chi connectivity index (χ0v) is 18.8. The van der Waals surface area contributed by atoms with Gasteiger partial charge in [0.15, 0.2) is 6.61 Å². The van der Waals surface area contributed by atoms with Gasteiger partial charge in [-0.05, 0) is 45.7 Å². The molecule has 1 fully saturated rings. The molecule has 1 aromatic heterocycles. The van der Waals surface area contributed by atoms with Crippen molar-refractivity contribution in [3.63, 3.8) is 0 Å². The van der Waals surface area contributed by atoms with Crippen molar-refractivity contribution in [3.05, 3.63) is 53.4 Å². The van der Waals surface area contributed by atoms with E-state index in [0.717, 1.165) is 21.8 Å². The van der Waals surface area contributed by atoms with E-state index in [1.807, 2.05) is 50.3 Å². The molecule has 1 saturated heterocycles. The van der Waals surface area contributed by atoms with Crippen LogP contribution in [0.15, 0.2) is 36.4 Å². The number of nitrogens with one attached hydrogen (secondary N) is 1. The number of hydrogen-bond donors (Lipinski definition) is 1. The van der Waals surface area contributed by atoms with Crippen LogP contribution in [-0.2, 0) is 23.9 Å². The standard InChI is InChI=1S/C24H26N4O5/c1-14-8-10-17(11-9-14)28-16(3)22(15(2)26-28)25-20(29)13-33-21(30)12-27-23(31)18-6-4-5-7-19(18)24(27)32/h4-5,8-11,18-19H,6-7,12-13H2,1-3H3,(H,25,29). The maximum Gasteiger partial charge on any atom is 0.326 e. The molecule has 2 aromatic rings. The number of benzene rings is 1. The normalized spacial score (nSPS) is 19.5. The molecule has 4 rings (SSSR count). The number of carbonyl (C=O) groups is 4. The topological polar surface area (TPSA) is 111 Å². The molecular weight excluding hydrogens is 424 g/mol. The number of ether oxygens (including phenoxy) is 1. The zero-order valence-electron chi connectivity index (χ0n) is 18.8. The lowest BCUT2D eigenvalue weighted by molar-refractivity contribution is -0.154. The van der Waals surface area contributed by atoms with Crippen molar-refractivity contribution in [2.24, 2.45) is 11.8 Å². The van der Waals surface area contributed by atoms with Gasteiger partial charge in [-0.3, -0.25) is 24.1 Å². The Bertz CT molecular complexity index is 1120. The third-order valence-corrected chi connectivity index (χ3v) is 6.08. The Morgan fingerprint density at radius 1 is 1.03 bits per heavy atom. The molecule has 1 N–H and O–H groups in total. The molecule has 0 bridgehead atoms. The van der Waals surface area contributed by atoms with E-state index >= 15 is 0 Å². The quantitative estimate of drug-likeness (QED) is 0.411. The summed E-state index contributed by atoms with van der Waals surface area (Å²) in [6, 6.07) is 7.83. The van der Waals surface area contributed by atoms with Crippen LogP contribution in [0.3, 0.4) is 0 Å². The summed E-state index contributed by atoms with van der Waals surface area (Å²) in [6.07, 6.45) is 4.75. The molecule has 1 aliphatic heterocycles. The van der Waals surface area contributed by atoms with E-state index in [-0.39, 0.29) is 11.8 Å². The number of carbonyl (C=O) groups excluding carboxylic acids is 4. The highest BCUT2D eigenvalue weighted by Crippen LogP contribution is 2.34. The highest BCUT2D eigenvalue weighted by atomic mass is 16.5. The van der Waals surface area contributed by atoms with Crippen LogP contribution in [0.4, 0.5) is 5.69 Å². The van der Waals surface area contributed by atoms with Crippen LogP contribution < -0.4 is 5.32 Å². The van der Waals surface area contributed by atoms with Gasteiger partial charge in [-0.1, -0.05) is 29.8 Å². The first-order valence-corrected chi connectivity index (χ1v) is 10.8. The van der Waals surface area contributed by atoms with Crippen molar-refractivity contribution < 1.29 is 23.9 Å². The minimum atomic E-state index is -0.803. The number of amides is 3. The van der Waals surface area contributed by atoms with Gasteiger partial charge in [0.05, 0.1) is 34.6 Å².